The fraction of sp³-hybridized carbons (Fsp3) is 0. The summed E-state index contributed by atoms with van der Waals surface area (Å²) in [6.07, 6.45) is 0. The standard InChI is InChI=1S/C63H42N4SSi/c1-4-22-49(23-5-1)69(50-24-6-2-7-25-50,51-26-8-3-9-27-51)52-37-34-43(35-38-52)61-64-62(46-19-16-18-44(40-46)45-36-39-56-55-30-12-15-33-59(55)68-60(56)42-45)66-63(65-61)47-20-17-21-48(41-47)67-57-31-13-10-28-53(57)54-29-11-14-32-58(54)67/h1-42H. The first kappa shape index (κ1) is 40.7. The molecule has 324 valence electrons. The molecule has 0 spiro atoms. The smallest absolute Gasteiger partial charge is 0.179 e. The van der Waals surface area contributed by atoms with Crippen LogP contribution in [0.15, 0.2) is 255 Å². The molecule has 0 saturated heterocycles. The summed E-state index contributed by atoms with van der Waals surface area (Å²) in [5.74, 6) is 1.85. The summed E-state index contributed by atoms with van der Waals surface area (Å²) >= 11 is 1.84. The minimum atomic E-state index is -2.74. The highest BCUT2D eigenvalue weighted by atomic mass is 32.1. The first-order valence-electron chi connectivity index (χ1n) is 23.3. The van der Waals surface area contributed by atoms with Crippen molar-refractivity contribution in [2.75, 3.05) is 0 Å². The Morgan fingerprint density at radius 2 is 0.725 bits per heavy atom. The maximum absolute atomic E-state index is 5.33. The minimum absolute atomic E-state index is 0.611. The largest absolute Gasteiger partial charge is 0.309 e. The van der Waals surface area contributed by atoms with Crippen molar-refractivity contribution in [2.45, 2.75) is 0 Å². The monoisotopic (exact) mass is 914 g/mol. The van der Waals surface area contributed by atoms with E-state index >= 15 is 0 Å². The van der Waals surface area contributed by atoms with Gasteiger partial charge in [-0.25, -0.2) is 15.0 Å². The summed E-state index contributed by atoms with van der Waals surface area (Å²) in [5.41, 5.74) is 8.36. The van der Waals surface area contributed by atoms with Crippen LogP contribution in [0.5, 0.6) is 0 Å². The molecule has 4 nitrogen and oxygen atoms in total. The molecule has 0 N–H and O–H groups in total. The van der Waals surface area contributed by atoms with E-state index in [0.29, 0.717) is 17.5 Å². The molecule has 0 aliphatic carbocycles. The lowest BCUT2D eigenvalue weighted by molar-refractivity contribution is 1.07. The molecule has 0 aliphatic heterocycles. The van der Waals surface area contributed by atoms with E-state index in [1.165, 1.54) is 51.7 Å². The second-order valence-electron chi connectivity index (χ2n) is 17.5. The van der Waals surface area contributed by atoms with Gasteiger partial charge in [-0.1, -0.05) is 212 Å². The van der Waals surface area contributed by atoms with Crippen LogP contribution in [0.3, 0.4) is 0 Å². The van der Waals surface area contributed by atoms with Gasteiger partial charge in [0.25, 0.3) is 0 Å². The SMILES string of the molecule is c1ccc([Si](c2ccccc2)(c2ccccc2)c2ccc(-c3nc(-c4cccc(-c5ccc6c(c5)sc5ccccc56)c4)nc(-c4cccc(-n5c6ccccc6c6ccccc65)c4)n3)cc2)cc1. The van der Waals surface area contributed by atoms with Gasteiger partial charge in [0.2, 0.25) is 0 Å². The fourth-order valence-electron chi connectivity index (χ4n) is 10.4. The first-order valence-corrected chi connectivity index (χ1v) is 26.2. The molecule has 0 unspecified atom stereocenters. The van der Waals surface area contributed by atoms with Crippen molar-refractivity contribution in [2.24, 2.45) is 0 Å². The molecule has 0 bridgehead atoms. The van der Waals surface area contributed by atoms with Crippen LogP contribution in [-0.2, 0) is 0 Å². The van der Waals surface area contributed by atoms with Crippen molar-refractivity contribution in [3.05, 3.63) is 255 Å². The highest BCUT2D eigenvalue weighted by molar-refractivity contribution is 7.25. The van der Waals surface area contributed by atoms with Gasteiger partial charge in [0.05, 0.1) is 11.0 Å². The van der Waals surface area contributed by atoms with Crippen LogP contribution < -0.4 is 20.7 Å². The van der Waals surface area contributed by atoms with Crippen LogP contribution in [0.4, 0.5) is 0 Å². The van der Waals surface area contributed by atoms with Gasteiger partial charge >= 0.3 is 0 Å². The third-order valence-electron chi connectivity index (χ3n) is 13.6. The number of hydrogen-bond acceptors (Lipinski definition) is 4. The molecule has 13 rings (SSSR count). The highest BCUT2D eigenvalue weighted by Crippen LogP contribution is 2.38. The highest BCUT2D eigenvalue weighted by Gasteiger charge is 2.41. The van der Waals surface area contributed by atoms with Crippen LogP contribution in [0.1, 0.15) is 0 Å². The van der Waals surface area contributed by atoms with Crippen molar-refractivity contribution in [1.82, 2.24) is 19.5 Å². The van der Waals surface area contributed by atoms with E-state index < -0.39 is 8.07 Å². The van der Waals surface area contributed by atoms with Crippen molar-refractivity contribution in [1.29, 1.82) is 0 Å². The second kappa shape index (κ2) is 17.0. The van der Waals surface area contributed by atoms with E-state index in [1.54, 1.807) is 0 Å². The minimum Gasteiger partial charge on any atom is -0.309 e. The average molecular weight is 915 g/mol. The van der Waals surface area contributed by atoms with Gasteiger partial charge in [-0.05, 0) is 74.3 Å². The normalized spacial score (nSPS) is 11.8. The maximum Gasteiger partial charge on any atom is 0.179 e. The van der Waals surface area contributed by atoms with E-state index in [9.17, 15) is 0 Å². The number of rotatable bonds is 9. The van der Waals surface area contributed by atoms with E-state index in [4.69, 9.17) is 15.0 Å². The lowest BCUT2D eigenvalue weighted by atomic mass is 10.0. The van der Waals surface area contributed by atoms with E-state index in [-0.39, 0.29) is 0 Å². The molecule has 3 aromatic heterocycles. The Morgan fingerprint density at radius 3 is 1.33 bits per heavy atom. The van der Waals surface area contributed by atoms with E-state index in [0.717, 1.165) is 44.5 Å². The van der Waals surface area contributed by atoms with Crippen molar-refractivity contribution < 1.29 is 0 Å². The quantitative estimate of drug-likeness (QED) is 0.107. The second-order valence-corrected chi connectivity index (χ2v) is 22.4. The average Bonchev–Trinajstić information content (AvgIpc) is 3.98. The molecule has 13 aromatic rings. The third kappa shape index (κ3) is 7.00. The number of benzene rings is 10. The van der Waals surface area contributed by atoms with Gasteiger partial charge < -0.3 is 4.57 Å². The maximum atomic E-state index is 5.33. The van der Waals surface area contributed by atoms with Gasteiger partial charge in [-0.2, -0.15) is 0 Å². The summed E-state index contributed by atoms with van der Waals surface area (Å²) in [4.78, 5) is 16.0. The van der Waals surface area contributed by atoms with Gasteiger partial charge in [0.15, 0.2) is 25.5 Å². The molecule has 0 atom stereocenters. The molecule has 0 amide bonds. The zero-order chi connectivity index (χ0) is 45.7. The molecule has 3 heterocycles. The van der Waals surface area contributed by atoms with Crippen LogP contribution >= 0.6 is 11.3 Å². The zero-order valence-electron chi connectivity index (χ0n) is 37.4. The Labute approximate surface area is 405 Å². The lowest BCUT2D eigenvalue weighted by Gasteiger charge is -2.34. The van der Waals surface area contributed by atoms with Crippen LogP contribution in [0, 0.1) is 0 Å². The van der Waals surface area contributed by atoms with Crippen molar-refractivity contribution in [3.8, 4) is 51.0 Å². The molecule has 69 heavy (non-hydrogen) atoms. The molecule has 0 fully saturated rings. The molecular formula is C63H42N4SSi. The molecule has 0 saturated carbocycles. The number of nitrogens with zero attached hydrogens (tertiary/aromatic N) is 4. The van der Waals surface area contributed by atoms with Crippen LogP contribution in [0.2, 0.25) is 0 Å². The number of para-hydroxylation sites is 2. The molecule has 0 aliphatic rings. The number of fused-ring (bicyclic) bond motifs is 6. The summed E-state index contributed by atoms with van der Waals surface area (Å²) in [7, 11) is -2.74. The summed E-state index contributed by atoms with van der Waals surface area (Å²) in [5, 5.41) is 10.3. The fourth-order valence-corrected chi connectivity index (χ4v) is 16.3. The number of aromatic nitrogens is 4. The van der Waals surface area contributed by atoms with Gasteiger partial charge in [-0.15, -0.1) is 11.3 Å². The molecule has 0 radical (unpaired) electrons. The van der Waals surface area contributed by atoms with Crippen LogP contribution in [0.25, 0.3) is 93.0 Å². The summed E-state index contributed by atoms with van der Waals surface area (Å²) in [6.45, 7) is 0. The van der Waals surface area contributed by atoms with E-state index in [1.807, 2.05) is 11.3 Å². The van der Waals surface area contributed by atoms with Crippen LogP contribution in [-0.4, -0.2) is 27.6 Å². The zero-order valence-corrected chi connectivity index (χ0v) is 39.3. The molecule has 6 heteroatoms. The summed E-state index contributed by atoms with van der Waals surface area (Å²) < 4.78 is 4.91. The van der Waals surface area contributed by atoms with Crippen molar-refractivity contribution in [3.63, 3.8) is 0 Å². The van der Waals surface area contributed by atoms with Gasteiger partial charge in [-0.3, -0.25) is 0 Å². The Hall–Kier alpha value is -8.55. The Morgan fingerprint density at radius 1 is 0.290 bits per heavy atom. The predicted molar refractivity (Wildman–Crippen MR) is 292 cm³/mol. The predicted octanol–water partition coefficient (Wildman–Crippen LogP) is 13.4. The van der Waals surface area contributed by atoms with Crippen molar-refractivity contribution >= 4 is 82.1 Å². The van der Waals surface area contributed by atoms with Gasteiger partial charge in [0, 0.05) is 53.3 Å². The number of hydrogen-bond donors (Lipinski definition) is 0. The Kier molecular flexibility index (Phi) is 10.00. The summed E-state index contributed by atoms with van der Waals surface area (Å²) in [6, 6.07) is 92.1. The van der Waals surface area contributed by atoms with Gasteiger partial charge in [0.1, 0.15) is 0 Å². The third-order valence-corrected chi connectivity index (χ3v) is 19.5. The first-order chi connectivity index (χ1) is 34.2. The lowest BCUT2D eigenvalue weighted by Crippen LogP contribution is -2.74. The topological polar surface area (TPSA) is 43.6 Å². The Balaban J connectivity index is 0.974. The molecular weight excluding hydrogens is 873 g/mol. The Bertz CT molecular complexity index is 3860. The molecule has 10 aromatic carbocycles. The number of thiophene rings is 1. The van der Waals surface area contributed by atoms with E-state index in [2.05, 4.69) is 259 Å².